The van der Waals surface area contributed by atoms with Gasteiger partial charge >= 0.3 is 0 Å². The summed E-state index contributed by atoms with van der Waals surface area (Å²) in [6.45, 7) is 8.86. The van der Waals surface area contributed by atoms with Crippen molar-refractivity contribution in [3.8, 4) is 11.5 Å². The summed E-state index contributed by atoms with van der Waals surface area (Å²) in [5, 5.41) is 19.2. The molecule has 19 heavy (non-hydrogen) atoms. The van der Waals surface area contributed by atoms with Gasteiger partial charge in [0.15, 0.2) is 0 Å². The highest BCUT2D eigenvalue weighted by molar-refractivity contribution is 5.38. The van der Waals surface area contributed by atoms with E-state index in [0.717, 1.165) is 18.7 Å². The Bertz CT molecular complexity index is 373. The molecular formula is C15H25NO3. The normalized spacial score (nSPS) is 13.2. The zero-order chi connectivity index (χ0) is 14.4. The molecule has 2 N–H and O–H groups in total. The molecule has 0 aromatic heterocycles. The smallest absolute Gasteiger partial charge is 0.119 e. The summed E-state index contributed by atoms with van der Waals surface area (Å²) in [6.07, 6.45) is 0. The topological polar surface area (TPSA) is 52.9 Å². The molecule has 1 atom stereocenters. The lowest BCUT2D eigenvalue weighted by Crippen LogP contribution is -2.33. The minimum atomic E-state index is 0.0955. The lowest BCUT2D eigenvalue weighted by atomic mass is 10.0. The van der Waals surface area contributed by atoms with Gasteiger partial charge < -0.3 is 14.9 Å². The summed E-state index contributed by atoms with van der Waals surface area (Å²) in [4.78, 5) is 2.29. The lowest BCUT2D eigenvalue weighted by Gasteiger charge is -2.30. The van der Waals surface area contributed by atoms with Crippen molar-refractivity contribution in [3.05, 3.63) is 23.8 Å². The molecule has 0 radical (unpaired) electrons. The van der Waals surface area contributed by atoms with E-state index in [1.807, 2.05) is 0 Å². The van der Waals surface area contributed by atoms with Gasteiger partial charge in [-0.15, -0.1) is 0 Å². The predicted molar refractivity (Wildman–Crippen MR) is 76.5 cm³/mol. The van der Waals surface area contributed by atoms with Gasteiger partial charge in [-0.3, -0.25) is 4.90 Å². The fourth-order valence-corrected chi connectivity index (χ4v) is 2.19. The van der Waals surface area contributed by atoms with E-state index in [2.05, 4.69) is 25.7 Å². The van der Waals surface area contributed by atoms with Crippen molar-refractivity contribution in [2.24, 2.45) is 5.92 Å². The van der Waals surface area contributed by atoms with Crippen LogP contribution in [0.1, 0.15) is 32.4 Å². The van der Waals surface area contributed by atoms with Crippen molar-refractivity contribution in [3.63, 3.8) is 0 Å². The molecule has 0 heterocycles. The number of phenolic OH excluding ortho intramolecular Hbond substituents is 2. The fraction of sp³-hybridized carbons (Fsp3) is 0.600. The second-order valence-corrected chi connectivity index (χ2v) is 5.34. The molecule has 0 amide bonds. The molecule has 1 aromatic rings. The van der Waals surface area contributed by atoms with Gasteiger partial charge in [0.1, 0.15) is 11.5 Å². The predicted octanol–water partition coefficient (Wildman–Crippen LogP) is 2.76. The van der Waals surface area contributed by atoms with E-state index in [4.69, 9.17) is 4.74 Å². The number of aromatic hydroxyl groups is 2. The van der Waals surface area contributed by atoms with Crippen molar-refractivity contribution >= 4 is 0 Å². The monoisotopic (exact) mass is 267 g/mol. The van der Waals surface area contributed by atoms with Crippen LogP contribution >= 0.6 is 0 Å². The standard InChI is InChI=1S/C15H25NO3/c1-11(2)10-16(5-6-19-4)12(3)13-7-14(17)9-15(18)8-13/h7-9,11-12,17-18H,5-6,10H2,1-4H3. The van der Waals surface area contributed by atoms with E-state index in [1.54, 1.807) is 19.2 Å². The molecule has 0 aliphatic carbocycles. The first-order valence-electron chi connectivity index (χ1n) is 6.70. The second kappa shape index (κ2) is 7.36. The molecule has 108 valence electrons. The highest BCUT2D eigenvalue weighted by atomic mass is 16.5. The molecular weight excluding hydrogens is 242 g/mol. The van der Waals surface area contributed by atoms with E-state index >= 15 is 0 Å². The maximum atomic E-state index is 9.58. The Balaban J connectivity index is 2.86. The Morgan fingerprint density at radius 2 is 1.68 bits per heavy atom. The number of hydrogen-bond donors (Lipinski definition) is 2. The summed E-state index contributed by atoms with van der Waals surface area (Å²) in [7, 11) is 1.69. The Hall–Kier alpha value is -1.26. The van der Waals surface area contributed by atoms with Gasteiger partial charge in [-0.25, -0.2) is 0 Å². The van der Waals surface area contributed by atoms with E-state index in [-0.39, 0.29) is 17.5 Å². The van der Waals surface area contributed by atoms with Gasteiger partial charge in [0.25, 0.3) is 0 Å². The molecule has 0 aliphatic rings. The maximum Gasteiger partial charge on any atom is 0.119 e. The average molecular weight is 267 g/mol. The first-order chi connectivity index (χ1) is 8.93. The van der Waals surface area contributed by atoms with E-state index in [1.165, 1.54) is 6.07 Å². The van der Waals surface area contributed by atoms with Crippen LogP contribution in [0, 0.1) is 5.92 Å². The number of rotatable bonds is 7. The second-order valence-electron chi connectivity index (χ2n) is 5.34. The molecule has 0 fully saturated rings. The molecule has 0 spiro atoms. The molecule has 4 heteroatoms. The Morgan fingerprint density at radius 3 is 2.16 bits per heavy atom. The molecule has 0 saturated heterocycles. The summed E-state index contributed by atoms with van der Waals surface area (Å²) in [5.74, 6) is 0.737. The van der Waals surface area contributed by atoms with Crippen LogP contribution < -0.4 is 0 Å². The lowest BCUT2D eigenvalue weighted by molar-refractivity contribution is 0.115. The third kappa shape index (κ3) is 5.09. The van der Waals surface area contributed by atoms with Crippen molar-refractivity contribution in [1.29, 1.82) is 0 Å². The largest absolute Gasteiger partial charge is 0.508 e. The molecule has 1 unspecified atom stereocenters. The third-order valence-electron chi connectivity index (χ3n) is 3.14. The summed E-state index contributed by atoms with van der Waals surface area (Å²) in [6, 6.07) is 4.86. The van der Waals surface area contributed by atoms with Gasteiger partial charge in [0.05, 0.1) is 6.61 Å². The van der Waals surface area contributed by atoms with Gasteiger partial charge in [0, 0.05) is 32.3 Å². The van der Waals surface area contributed by atoms with Crippen LogP contribution in [0.5, 0.6) is 11.5 Å². The molecule has 0 aliphatic heterocycles. The number of benzene rings is 1. The molecule has 1 aromatic carbocycles. The van der Waals surface area contributed by atoms with E-state index in [9.17, 15) is 10.2 Å². The summed E-state index contributed by atoms with van der Waals surface area (Å²) >= 11 is 0. The van der Waals surface area contributed by atoms with Gasteiger partial charge in [-0.2, -0.15) is 0 Å². The molecule has 0 bridgehead atoms. The van der Waals surface area contributed by atoms with Crippen LogP contribution in [-0.4, -0.2) is 41.9 Å². The molecule has 4 nitrogen and oxygen atoms in total. The number of hydrogen-bond acceptors (Lipinski definition) is 4. The zero-order valence-corrected chi connectivity index (χ0v) is 12.3. The van der Waals surface area contributed by atoms with Crippen molar-refractivity contribution in [2.75, 3.05) is 26.8 Å². The van der Waals surface area contributed by atoms with E-state index < -0.39 is 0 Å². The minimum Gasteiger partial charge on any atom is -0.508 e. The number of phenols is 2. The van der Waals surface area contributed by atoms with Crippen LogP contribution in [-0.2, 0) is 4.74 Å². The van der Waals surface area contributed by atoms with Crippen molar-refractivity contribution in [2.45, 2.75) is 26.8 Å². The zero-order valence-electron chi connectivity index (χ0n) is 12.3. The number of ether oxygens (including phenoxy) is 1. The van der Waals surface area contributed by atoms with Crippen LogP contribution in [0.25, 0.3) is 0 Å². The quantitative estimate of drug-likeness (QED) is 0.797. The summed E-state index contributed by atoms with van der Waals surface area (Å²) < 4.78 is 5.15. The number of nitrogens with zero attached hydrogens (tertiary/aromatic N) is 1. The number of methoxy groups -OCH3 is 1. The Kier molecular flexibility index (Phi) is 6.12. The van der Waals surface area contributed by atoms with Crippen LogP contribution in [0.4, 0.5) is 0 Å². The Labute approximate surface area is 115 Å². The molecule has 1 rings (SSSR count). The minimum absolute atomic E-state index is 0.0955. The third-order valence-corrected chi connectivity index (χ3v) is 3.14. The van der Waals surface area contributed by atoms with Gasteiger partial charge in [-0.05, 0) is 30.5 Å². The van der Waals surface area contributed by atoms with Crippen molar-refractivity contribution < 1.29 is 14.9 Å². The average Bonchev–Trinajstić information content (AvgIpc) is 2.32. The first-order valence-corrected chi connectivity index (χ1v) is 6.70. The van der Waals surface area contributed by atoms with Crippen LogP contribution in [0.2, 0.25) is 0 Å². The Morgan fingerprint density at radius 1 is 1.11 bits per heavy atom. The van der Waals surface area contributed by atoms with E-state index in [0.29, 0.717) is 12.5 Å². The van der Waals surface area contributed by atoms with Crippen LogP contribution in [0.3, 0.4) is 0 Å². The van der Waals surface area contributed by atoms with Gasteiger partial charge in [-0.1, -0.05) is 13.8 Å². The first kappa shape index (κ1) is 15.8. The SMILES string of the molecule is COCCN(CC(C)C)C(C)c1cc(O)cc(O)c1. The highest BCUT2D eigenvalue weighted by Gasteiger charge is 2.17. The fourth-order valence-electron chi connectivity index (χ4n) is 2.19. The highest BCUT2D eigenvalue weighted by Crippen LogP contribution is 2.28. The maximum absolute atomic E-state index is 9.58. The summed E-state index contributed by atoms with van der Waals surface area (Å²) in [5.41, 5.74) is 0.911. The van der Waals surface area contributed by atoms with Gasteiger partial charge in [0.2, 0.25) is 0 Å². The van der Waals surface area contributed by atoms with Crippen LogP contribution in [0.15, 0.2) is 18.2 Å². The van der Waals surface area contributed by atoms with Crippen molar-refractivity contribution in [1.82, 2.24) is 4.90 Å². The molecule has 0 saturated carbocycles.